The lowest BCUT2D eigenvalue weighted by molar-refractivity contribution is 0.0928. The van der Waals surface area contributed by atoms with E-state index in [2.05, 4.69) is 16.6 Å². The predicted octanol–water partition coefficient (Wildman–Crippen LogP) is 1.40. The molecule has 0 aromatic carbocycles. The summed E-state index contributed by atoms with van der Waals surface area (Å²) < 4.78 is 1.88. The van der Waals surface area contributed by atoms with Gasteiger partial charge in [0.2, 0.25) is 0 Å². The lowest BCUT2D eigenvalue weighted by Gasteiger charge is -2.24. The summed E-state index contributed by atoms with van der Waals surface area (Å²) in [6.07, 6.45) is 9.57. The van der Waals surface area contributed by atoms with Crippen LogP contribution in [0, 0.1) is 18.3 Å². The number of fused-ring (bicyclic) bond motifs is 3. The Hall–Kier alpha value is -2.25. The summed E-state index contributed by atoms with van der Waals surface area (Å²) in [6.45, 7) is 1.10. The summed E-state index contributed by atoms with van der Waals surface area (Å²) in [5.74, 6) is 3.33. The molecular weight excluding hydrogens is 262 g/mol. The average Bonchev–Trinajstić information content (AvgIpc) is 3.21. The zero-order valence-corrected chi connectivity index (χ0v) is 11.7. The minimum absolute atomic E-state index is 0.0204. The van der Waals surface area contributed by atoms with E-state index in [1.54, 1.807) is 0 Å². The number of rotatable bonds is 2. The lowest BCUT2D eigenvalue weighted by atomic mass is 10.1. The molecule has 106 valence electrons. The predicted molar refractivity (Wildman–Crippen MR) is 81.1 cm³/mol. The third kappa shape index (κ3) is 2.01. The van der Waals surface area contributed by atoms with Gasteiger partial charge < -0.3 is 15.0 Å². The van der Waals surface area contributed by atoms with Crippen LogP contribution in [-0.4, -0.2) is 28.9 Å². The highest BCUT2D eigenvalue weighted by Crippen LogP contribution is 2.31. The molecule has 4 nitrogen and oxygen atoms in total. The Kier molecular flexibility index (Phi) is 2.76. The number of nitrogens with one attached hydrogen (secondary N) is 2. The summed E-state index contributed by atoms with van der Waals surface area (Å²) in [4.78, 5) is 12.4. The minimum Gasteiger partial charge on any atom is -0.348 e. The van der Waals surface area contributed by atoms with Gasteiger partial charge in [0.1, 0.15) is 0 Å². The van der Waals surface area contributed by atoms with E-state index in [9.17, 15) is 4.79 Å². The van der Waals surface area contributed by atoms with E-state index in [-0.39, 0.29) is 11.9 Å². The smallest absolute Gasteiger partial charge is 0.253 e. The van der Waals surface area contributed by atoms with Crippen molar-refractivity contribution >= 4 is 11.4 Å². The number of hydrogen-bond acceptors (Lipinski definition) is 2. The molecule has 2 bridgehead atoms. The van der Waals surface area contributed by atoms with Crippen LogP contribution in [-0.2, 0) is 0 Å². The molecule has 1 aliphatic heterocycles. The van der Waals surface area contributed by atoms with Gasteiger partial charge in [0.15, 0.2) is 0 Å². The molecule has 3 heterocycles. The fourth-order valence-electron chi connectivity index (χ4n) is 3.62. The quantitative estimate of drug-likeness (QED) is 0.816. The van der Waals surface area contributed by atoms with Crippen LogP contribution in [0.1, 0.15) is 28.9 Å². The number of pyridine rings is 1. The molecule has 3 unspecified atom stereocenters. The zero-order valence-electron chi connectivity index (χ0n) is 11.7. The van der Waals surface area contributed by atoms with Gasteiger partial charge in [-0.1, -0.05) is 5.92 Å². The van der Waals surface area contributed by atoms with Gasteiger partial charge >= 0.3 is 0 Å². The number of carbonyl (C=O) groups excluding carboxylic acids is 1. The van der Waals surface area contributed by atoms with Crippen LogP contribution in [0.3, 0.4) is 0 Å². The number of carbonyl (C=O) groups is 1. The van der Waals surface area contributed by atoms with Gasteiger partial charge in [0.05, 0.1) is 11.3 Å². The standard InChI is InChI=1S/C17H17N3O/c1-2-13-5-6-14-4-3-12(10-20(13)14)17(21)19-16-8-11-7-15(16)18-9-11/h1,3-6,10-11,15-16,18H,7-9H2,(H,19,21). The first-order valence-electron chi connectivity index (χ1n) is 7.36. The molecule has 1 saturated heterocycles. The van der Waals surface area contributed by atoms with Gasteiger partial charge in [0.25, 0.3) is 5.91 Å². The van der Waals surface area contributed by atoms with Crippen LogP contribution < -0.4 is 10.6 Å². The Morgan fingerprint density at radius 3 is 2.90 bits per heavy atom. The van der Waals surface area contributed by atoms with E-state index in [1.165, 1.54) is 6.42 Å². The summed E-state index contributed by atoms with van der Waals surface area (Å²) >= 11 is 0. The van der Waals surface area contributed by atoms with E-state index in [1.807, 2.05) is 34.9 Å². The van der Waals surface area contributed by atoms with Crippen LogP contribution >= 0.6 is 0 Å². The van der Waals surface area contributed by atoms with Crippen LogP contribution in [0.15, 0.2) is 30.5 Å². The SMILES string of the molecule is C#Cc1ccc2ccc(C(=O)NC3CC4CNC3C4)cn12. The van der Waals surface area contributed by atoms with E-state index in [0.29, 0.717) is 11.6 Å². The molecule has 4 heteroatoms. The maximum atomic E-state index is 12.4. The number of hydrogen-bond donors (Lipinski definition) is 2. The summed E-state index contributed by atoms with van der Waals surface area (Å²) in [7, 11) is 0. The molecule has 2 aliphatic rings. The molecule has 2 N–H and O–H groups in total. The highest BCUT2D eigenvalue weighted by atomic mass is 16.1. The van der Waals surface area contributed by atoms with Gasteiger partial charge in [0, 0.05) is 23.8 Å². The first-order chi connectivity index (χ1) is 10.2. The highest BCUT2D eigenvalue weighted by Gasteiger charge is 2.40. The Bertz CT molecular complexity index is 755. The molecule has 4 rings (SSSR count). The van der Waals surface area contributed by atoms with E-state index in [4.69, 9.17) is 6.42 Å². The molecule has 2 aromatic rings. The second-order valence-corrected chi connectivity index (χ2v) is 6.01. The van der Waals surface area contributed by atoms with Crippen LogP contribution in [0.4, 0.5) is 0 Å². The topological polar surface area (TPSA) is 45.5 Å². The van der Waals surface area contributed by atoms with Crippen molar-refractivity contribution in [3.63, 3.8) is 0 Å². The van der Waals surface area contributed by atoms with Crippen LogP contribution in [0.25, 0.3) is 5.52 Å². The zero-order chi connectivity index (χ0) is 14.4. The minimum atomic E-state index is -0.0204. The second kappa shape index (κ2) is 4.64. The Balaban J connectivity index is 1.58. The maximum Gasteiger partial charge on any atom is 0.253 e. The molecule has 1 aliphatic carbocycles. The van der Waals surface area contributed by atoms with Crippen molar-refractivity contribution in [1.82, 2.24) is 15.0 Å². The maximum absolute atomic E-state index is 12.4. The Labute approximate surface area is 123 Å². The Morgan fingerprint density at radius 2 is 2.19 bits per heavy atom. The average molecular weight is 279 g/mol. The molecule has 0 radical (unpaired) electrons. The molecule has 3 atom stereocenters. The van der Waals surface area contributed by atoms with Crippen molar-refractivity contribution in [1.29, 1.82) is 0 Å². The molecule has 21 heavy (non-hydrogen) atoms. The van der Waals surface area contributed by atoms with Gasteiger partial charge in [-0.05, 0) is 49.6 Å². The molecule has 2 aromatic heterocycles. The number of terminal acetylenes is 1. The second-order valence-electron chi connectivity index (χ2n) is 6.01. The monoisotopic (exact) mass is 279 g/mol. The number of nitrogens with zero attached hydrogens (tertiary/aromatic N) is 1. The van der Waals surface area contributed by atoms with Gasteiger partial charge in [-0.25, -0.2) is 0 Å². The molecule has 0 spiro atoms. The molecule has 1 saturated carbocycles. The lowest BCUT2D eigenvalue weighted by Crippen LogP contribution is -2.47. The third-order valence-corrected chi connectivity index (χ3v) is 4.71. The highest BCUT2D eigenvalue weighted by molar-refractivity contribution is 5.94. The van der Waals surface area contributed by atoms with Crippen LogP contribution in [0.5, 0.6) is 0 Å². The van der Waals surface area contributed by atoms with Crippen molar-refractivity contribution < 1.29 is 4.79 Å². The van der Waals surface area contributed by atoms with Crippen molar-refractivity contribution in [2.24, 2.45) is 5.92 Å². The largest absolute Gasteiger partial charge is 0.348 e. The number of amides is 1. The molecular formula is C17H17N3O. The van der Waals surface area contributed by atoms with Gasteiger partial charge in [-0.2, -0.15) is 0 Å². The van der Waals surface area contributed by atoms with E-state index < -0.39 is 0 Å². The fourth-order valence-corrected chi connectivity index (χ4v) is 3.62. The van der Waals surface area contributed by atoms with Crippen molar-refractivity contribution in [2.45, 2.75) is 24.9 Å². The summed E-state index contributed by atoms with van der Waals surface area (Å²) in [5, 5.41) is 6.61. The summed E-state index contributed by atoms with van der Waals surface area (Å²) in [5.41, 5.74) is 2.42. The van der Waals surface area contributed by atoms with E-state index in [0.717, 1.165) is 30.1 Å². The first-order valence-corrected chi connectivity index (χ1v) is 7.36. The summed E-state index contributed by atoms with van der Waals surface area (Å²) in [6, 6.07) is 8.31. The van der Waals surface area contributed by atoms with Gasteiger partial charge in [-0.3, -0.25) is 4.79 Å². The first kappa shape index (κ1) is 12.5. The molecule has 1 amide bonds. The van der Waals surface area contributed by atoms with Crippen molar-refractivity contribution in [2.75, 3.05) is 6.54 Å². The fraction of sp³-hybridized carbons (Fsp3) is 0.353. The number of aromatic nitrogens is 1. The Morgan fingerprint density at radius 1 is 1.33 bits per heavy atom. The molecule has 2 fully saturated rings. The van der Waals surface area contributed by atoms with E-state index >= 15 is 0 Å². The van der Waals surface area contributed by atoms with Crippen molar-refractivity contribution in [3.8, 4) is 12.3 Å². The number of piperidine rings is 1. The van der Waals surface area contributed by atoms with Crippen molar-refractivity contribution in [3.05, 3.63) is 41.7 Å². The third-order valence-electron chi connectivity index (χ3n) is 4.71. The van der Waals surface area contributed by atoms with Crippen LogP contribution in [0.2, 0.25) is 0 Å². The normalized spacial score (nSPS) is 26.9. The van der Waals surface area contributed by atoms with Gasteiger partial charge in [-0.15, -0.1) is 6.42 Å².